The van der Waals surface area contributed by atoms with Crippen molar-refractivity contribution in [2.75, 3.05) is 14.1 Å². The predicted molar refractivity (Wildman–Crippen MR) is 53.4 cm³/mol. The molecule has 72 valence electrons. The molecule has 0 saturated heterocycles. The summed E-state index contributed by atoms with van der Waals surface area (Å²) in [5, 5.41) is 8.72. The van der Waals surface area contributed by atoms with Crippen LogP contribution in [0.15, 0.2) is 12.1 Å². The SMILES string of the molecule is CC(c1ccc(C(=O)O)s1)N(C)C. The van der Waals surface area contributed by atoms with Crippen molar-refractivity contribution in [2.45, 2.75) is 13.0 Å². The molecule has 1 unspecified atom stereocenters. The number of carboxylic acids is 1. The third-order valence-electron chi connectivity index (χ3n) is 2.02. The summed E-state index contributed by atoms with van der Waals surface area (Å²) in [6.45, 7) is 2.05. The molecule has 0 amide bonds. The first-order valence-corrected chi connectivity index (χ1v) is 4.83. The van der Waals surface area contributed by atoms with E-state index in [1.54, 1.807) is 6.07 Å². The molecule has 1 aromatic rings. The Morgan fingerprint density at radius 1 is 1.54 bits per heavy atom. The molecule has 0 aliphatic rings. The Morgan fingerprint density at radius 3 is 2.54 bits per heavy atom. The number of carbonyl (C=O) groups is 1. The quantitative estimate of drug-likeness (QED) is 0.810. The topological polar surface area (TPSA) is 40.5 Å². The van der Waals surface area contributed by atoms with Crippen LogP contribution in [0.5, 0.6) is 0 Å². The molecule has 1 atom stereocenters. The molecule has 0 aliphatic heterocycles. The van der Waals surface area contributed by atoms with Gasteiger partial charge in [-0.05, 0) is 33.2 Å². The summed E-state index contributed by atoms with van der Waals surface area (Å²) in [5.41, 5.74) is 0. The molecule has 3 nitrogen and oxygen atoms in total. The van der Waals surface area contributed by atoms with Gasteiger partial charge >= 0.3 is 5.97 Å². The lowest BCUT2D eigenvalue weighted by molar-refractivity contribution is 0.0702. The lowest BCUT2D eigenvalue weighted by Gasteiger charge is -2.17. The van der Waals surface area contributed by atoms with Crippen molar-refractivity contribution in [1.82, 2.24) is 4.90 Å². The summed E-state index contributed by atoms with van der Waals surface area (Å²) in [7, 11) is 3.95. The van der Waals surface area contributed by atoms with Crippen molar-refractivity contribution >= 4 is 17.3 Å². The Labute approximate surface area is 81.6 Å². The summed E-state index contributed by atoms with van der Waals surface area (Å²) >= 11 is 1.34. The van der Waals surface area contributed by atoms with Crippen molar-refractivity contribution in [3.8, 4) is 0 Å². The van der Waals surface area contributed by atoms with Crippen LogP contribution in [-0.4, -0.2) is 30.1 Å². The minimum Gasteiger partial charge on any atom is -0.477 e. The summed E-state index contributed by atoms with van der Waals surface area (Å²) < 4.78 is 0. The maximum Gasteiger partial charge on any atom is 0.345 e. The summed E-state index contributed by atoms with van der Waals surface area (Å²) in [6.07, 6.45) is 0. The average molecular weight is 199 g/mol. The first kappa shape index (κ1) is 10.2. The molecule has 0 fully saturated rings. The second-order valence-electron chi connectivity index (χ2n) is 3.15. The summed E-state index contributed by atoms with van der Waals surface area (Å²) in [5.74, 6) is -0.845. The van der Waals surface area contributed by atoms with Crippen molar-refractivity contribution in [1.29, 1.82) is 0 Å². The van der Waals surface area contributed by atoms with Gasteiger partial charge in [0.15, 0.2) is 0 Å². The fraction of sp³-hybridized carbons (Fsp3) is 0.444. The molecule has 0 radical (unpaired) electrons. The van der Waals surface area contributed by atoms with Gasteiger partial charge in [0.05, 0.1) is 0 Å². The minimum atomic E-state index is -0.845. The van der Waals surface area contributed by atoms with E-state index in [0.29, 0.717) is 4.88 Å². The lowest BCUT2D eigenvalue weighted by atomic mass is 10.2. The fourth-order valence-corrected chi connectivity index (χ4v) is 1.94. The van der Waals surface area contributed by atoms with E-state index in [1.807, 2.05) is 20.2 Å². The molecule has 0 aliphatic carbocycles. The van der Waals surface area contributed by atoms with Crippen molar-refractivity contribution in [3.05, 3.63) is 21.9 Å². The highest BCUT2D eigenvalue weighted by Gasteiger charge is 2.13. The number of hydrogen-bond donors (Lipinski definition) is 1. The Balaban J connectivity index is 2.85. The molecular weight excluding hydrogens is 186 g/mol. The van der Waals surface area contributed by atoms with Gasteiger partial charge in [-0.2, -0.15) is 0 Å². The zero-order valence-corrected chi connectivity index (χ0v) is 8.76. The molecule has 4 heteroatoms. The maximum atomic E-state index is 10.6. The molecule has 0 saturated carbocycles. The molecule has 1 heterocycles. The van der Waals surface area contributed by atoms with E-state index in [-0.39, 0.29) is 6.04 Å². The van der Waals surface area contributed by atoms with Crippen LogP contribution in [0.2, 0.25) is 0 Å². The summed E-state index contributed by atoms with van der Waals surface area (Å²) in [6, 6.07) is 3.80. The van der Waals surface area contributed by atoms with Crippen molar-refractivity contribution in [2.24, 2.45) is 0 Å². The fourth-order valence-electron chi connectivity index (χ4n) is 0.947. The van der Waals surface area contributed by atoms with Crippen molar-refractivity contribution < 1.29 is 9.90 Å². The number of rotatable bonds is 3. The van der Waals surface area contributed by atoms with Crippen LogP contribution in [-0.2, 0) is 0 Å². The maximum absolute atomic E-state index is 10.6. The van der Waals surface area contributed by atoms with Gasteiger partial charge in [-0.15, -0.1) is 11.3 Å². The second-order valence-corrected chi connectivity index (χ2v) is 4.26. The van der Waals surface area contributed by atoms with Crippen LogP contribution < -0.4 is 0 Å². The van der Waals surface area contributed by atoms with E-state index in [9.17, 15) is 4.79 Å². The highest BCUT2D eigenvalue weighted by molar-refractivity contribution is 7.14. The Hall–Kier alpha value is -0.870. The number of hydrogen-bond acceptors (Lipinski definition) is 3. The van der Waals surface area contributed by atoms with E-state index in [4.69, 9.17) is 5.11 Å². The van der Waals surface area contributed by atoms with E-state index in [0.717, 1.165) is 4.88 Å². The second kappa shape index (κ2) is 3.89. The Morgan fingerprint density at radius 2 is 2.15 bits per heavy atom. The smallest absolute Gasteiger partial charge is 0.345 e. The monoisotopic (exact) mass is 199 g/mol. The Kier molecular flexibility index (Phi) is 3.06. The third kappa shape index (κ3) is 2.29. The number of carboxylic acid groups (broad SMARTS) is 1. The van der Waals surface area contributed by atoms with Gasteiger partial charge in [0.25, 0.3) is 0 Å². The predicted octanol–water partition coefficient (Wildman–Crippen LogP) is 2.07. The number of aromatic carboxylic acids is 1. The van der Waals surface area contributed by atoms with E-state index >= 15 is 0 Å². The molecular formula is C9H13NO2S. The third-order valence-corrected chi connectivity index (χ3v) is 3.27. The first-order valence-electron chi connectivity index (χ1n) is 4.02. The molecule has 1 rings (SSSR count). The van der Waals surface area contributed by atoms with Crippen LogP contribution in [0.3, 0.4) is 0 Å². The van der Waals surface area contributed by atoms with Crippen LogP contribution >= 0.6 is 11.3 Å². The summed E-state index contributed by atoms with van der Waals surface area (Å²) in [4.78, 5) is 14.1. The highest BCUT2D eigenvalue weighted by Crippen LogP contribution is 2.25. The first-order chi connectivity index (χ1) is 6.02. The molecule has 1 aromatic heterocycles. The number of nitrogens with zero attached hydrogens (tertiary/aromatic N) is 1. The van der Waals surface area contributed by atoms with Gasteiger partial charge < -0.3 is 10.0 Å². The number of thiophene rings is 1. The van der Waals surface area contributed by atoms with E-state index in [1.165, 1.54) is 11.3 Å². The van der Waals surface area contributed by atoms with Crippen LogP contribution in [0.1, 0.15) is 27.5 Å². The lowest BCUT2D eigenvalue weighted by Crippen LogP contribution is -2.15. The van der Waals surface area contributed by atoms with Gasteiger partial charge in [-0.25, -0.2) is 4.79 Å². The van der Waals surface area contributed by atoms with Crippen LogP contribution in [0, 0.1) is 0 Å². The van der Waals surface area contributed by atoms with Gasteiger partial charge in [0, 0.05) is 10.9 Å². The molecule has 0 spiro atoms. The van der Waals surface area contributed by atoms with Gasteiger partial charge in [0.2, 0.25) is 0 Å². The van der Waals surface area contributed by atoms with Crippen molar-refractivity contribution in [3.63, 3.8) is 0 Å². The zero-order chi connectivity index (χ0) is 10.0. The van der Waals surface area contributed by atoms with Gasteiger partial charge in [-0.3, -0.25) is 0 Å². The minimum absolute atomic E-state index is 0.276. The van der Waals surface area contributed by atoms with Gasteiger partial charge in [0.1, 0.15) is 4.88 Å². The van der Waals surface area contributed by atoms with E-state index < -0.39 is 5.97 Å². The molecule has 1 N–H and O–H groups in total. The van der Waals surface area contributed by atoms with Gasteiger partial charge in [-0.1, -0.05) is 0 Å². The zero-order valence-electron chi connectivity index (χ0n) is 7.94. The highest BCUT2D eigenvalue weighted by atomic mass is 32.1. The van der Waals surface area contributed by atoms with Crippen LogP contribution in [0.4, 0.5) is 0 Å². The average Bonchev–Trinajstić information content (AvgIpc) is 2.50. The van der Waals surface area contributed by atoms with E-state index in [2.05, 4.69) is 11.8 Å². The largest absolute Gasteiger partial charge is 0.477 e. The molecule has 0 aromatic carbocycles. The standard InChI is InChI=1S/C9H13NO2S/c1-6(10(2)3)7-4-5-8(13-7)9(11)12/h4-6H,1-3H3,(H,11,12). The molecule has 13 heavy (non-hydrogen) atoms. The molecule has 0 bridgehead atoms. The normalized spacial score (nSPS) is 13.2. The van der Waals surface area contributed by atoms with Crippen LogP contribution in [0.25, 0.3) is 0 Å². The Bertz CT molecular complexity index is 306.